The van der Waals surface area contributed by atoms with E-state index in [1.165, 1.54) is 82.6 Å². The molecule has 0 amide bonds. The molecule has 1 aromatic rings. The zero-order valence-electron chi connectivity index (χ0n) is 14.9. The van der Waals surface area contributed by atoms with Gasteiger partial charge in [-0.25, -0.2) is 0 Å². The van der Waals surface area contributed by atoms with Crippen LogP contribution in [0.2, 0.25) is 0 Å². The summed E-state index contributed by atoms with van der Waals surface area (Å²) in [5, 5.41) is 0. The maximum absolute atomic E-state index is 5.48. The number of hydrogen-bond donors (Lipinski definition) is 0. The fourth-order valence-corrected chi connectivity index (χ4v) is 3.59. The minimum atomic E-state index is 0.980. The second kappa shape index (κ2) is 13.7. The third-order valence-corrected chi connectivity index (χ3v) is 4.90. The van der Waals surface area contributed by atoms with E-state index >= 15 is 0 Å². The predicted octanol–water partition coefficient (Wildman–Crippen LogP) is 7.67. The van der Waals surface area contributed by atoms with Crippen LogP contribution >= 0.6 is 15.9 Å². The standard InChI is InChI=1S/C22H33Br/c1-3-5-6-7-8-9-10-11-12-13-14-15-16-21-17-20(4-2)18-22(23)19-21/h2,17-19H,3,5-16H2,1H3. The summed E-state index contributed by atoms with van der Waals surface area (Å²) < 4.78 is 1.10. The first-order valence-corrected chi connectivity index (χ1v) is 10.3. The Bertz CT molecular complexity index is 456. The minimum Gasteiger partial charge on any atom is -0.115 e. The van der Waals surface area contributed by atoms with Gasteiger partial charge in [0.1, 0.15) is 0 Å². The van der Waals surface area contributed by atoms with E-state index in [4.69, 9.17) is 6.42 Å². The highest BCUT2D eigenvalue weighted by atomic mass is 79.9. The van der Waals surface area contributed by atoms with Crippen LogP contribution in [0.15, 0.2) is 22.7 Å². The Kier molecular flexibility index (Phi) is 12.1. The Morgan fingerprint density at radius 2 is 1.30 bits per heavy atom. The molecule has 0 aromatic heterocycles. The Labute approximate surface area is 152 Å². The summed E-state index contributed by atoms with van der Waals surface area (Å²) in [5.41, 5.74) is 2.34. The first kappa shape index (κ1) is 20.3. The van der Waals surface area contributed by atoms with Crippen molar-refractivity contribution in [3.63, 3.8) is 0 Å². The molecule has 0 atom stereocenters. The van der Waals surface area contributed by atoms with E-state index in [1.54, 1.807) is 0 Å². The third kappa shape index (κ3) is 10.6. The minimum absolute atomic E-state index is 0.980. The summed E-state index contributed by atoms with van der Waals surface area (Å²) in [6, 6.07) is 6.34. The number of hydrogen-bond acceptors (Lipinski definition) is 0. The summed E-state index contributed by atoms with van der Waals surface area (Å²) in [7, 11) is 0. The predicted molar refractivity (Wildman–Crippen MR) is 107 cm³/mol. The van der Waals surface area contributed by atoms with Gasteiger partial charge in [-0.05, 0) is 36.6 Å². The van der Waals surface area contributed by atoms with Crippen molar-refractivity contribution in [2.75, 3.05) is 0 Å². The maximum atomic E-state index is 5.48. The lowest BCUT2D eigenvalue weighted by Crippen LogP contribution is -1.88. The average Bonchev–Trinajstić information content (AvgIpc) is 2.55. The summed E-state index contributed by atoms with van der Waals surface area (Å²) in [4.78, 5) is 0. The van der Waals surface area contributed by atoms with Crippen molar-refractivity contribution < 1.29 is 0 Å². The molecule has 0 N–H and O–H groups in total. The van der Waals surface area contributed by atoms with Crippen molar-refractivity contribution in [1.82, 2.24) is 0 Å². The van der Waals surface area contributed by atoms with Gasteiger partial charge >= 0.3 is 0 Å². The molecule has 0 nitrogen and oxygen atoms in total. The smallest absolute Gasteiger partial charge is 0.0256 e. The van der Waals surface area contributed by atoms with Crippen LogP contribution < -0.4 is 0 Å². The SMILES string of the molecule is C#Cc1cc(Br)cc(CCCCCCCCCCCCCC)c1. The Morgan fingerprint density at radius 1 is 0.783 bits per heavy atom. The van der Waals surface area contributed by atoms with Crippen LogP contribution in [0.5, 0.6) is 0 Å². The summed E-state index contributed by atoms with van der Waals surface area (Å²) in [5.74, 6) is 2.72. The van der Waals surface area contributed by atoms with E-state index in [-0.39, 0.29) is 0 Å². The van der Waals surface area contributed by atoms with Crippen molar-refractivity contribution in [2.45, 2.75) is 90.4 Å². The molecule has 1 aromatic carbocycles. The largest absolute Gasteiger partial charge is 0.115 e. The second-order valence-electron chi connectivity index (χ2n) is 6.63. The van der Waals surface area contributed by atoms with E-state index in [2.05, 4.69) is 40.9 Å². The molecule has 1 heteroatoms. The van der Waals surface area contributed by atoms with Gasteiger partial charge in [0.05, 0.1) is 0 Å². The van der Waals surface area contributed by atoms with Gasteiger partial charge in [-0.2, -0.15) is 0 Å². The van der Waals surface area contributed by atoms with Crippen molar-refractivity contribution in [1.29, 1.82) is 0 Å². The first-order valence-electron chi connectivity index (χ1n) is 9.52. The molecule has 0 heterocycles. The second-order valence-corrected chi connectivity index (χ2v) is 7.55. The van der Waals surface area contributed by atoms with Crippen LogP contribution in [0, 0.1) is 12.3 Å². The normalized spacial score (nSPS) is 10.7. The van der Waals surface area contributed by atoms with Gasteiger partial charge in [0.15, 0.2) is 0 Å². The van der Waals surface area contributed by atoms with Gasteiger partial charge < -0.3 is 0 Å². The zero-order valence-corrected chi connectivity index (χ0v) is 16.5. The molecular weight excluding hydrogens is 344 g/mol. The van der Waals surface area contributed by atoms with Crippen LogP contribution in [0.3, 0.4) is 0 Å². The van der Waals surface area contributed by atoms with Crippen LogP contribution in [0.1, 0.15) is 95.1 Å². The molecule has 0 unspecified atom stereocenters. The highest BCUT2D eigenvalue weighted by Gasteiger charge is 1.99. The molecule has 0 radical (unpaired) electrons. The molecule has 1 rings (SSSR count). The fourth-order valence-electron chi connectivity index (χ4n) is 3.05. The van der Waals surface area contributed by atoms with Crippen molar-refractivity contribution >= 4 is 15.9 Å². The Hall–Kier alpha value is -0.740. The van der Waals surface area contributed by atoms with E-state index < -0.39 is 0 Å². The van der Waals surface area contributed by atoms with Gasteiger partial charge in [-0.3, -0.25) is 0 Å². The lowest BCUT2D eigenvalue weighted by Gasteiger charge is -2.05. The van der Waals surface area contributed by atoms with Gasteiger partial charge in [-0.1, -0.05) is 99.4 Å². The zero-order chi connectivity index (χ0) is 16.8. The maximum Gasteiger partial charge on any atom is 0.0256 e. The summed E-state index contributed by atoms with van der Waals surface area (Å²) in [6.45, 7) is 2.28. The Balaban J connectivity index is 1.96. The lowest BCUT2D eigenvalue weighted by atomic mass is 10.0. The van der Waals surface area contributed by atoms with E-state index in [0.29, 0.717) is 0 Å². The number of aryl methyl sites for hydroxylation is 1. The van der Waals surface area contributed by atoms with E-state index in [0.717, 1.165) is 16.5 Å². The molecular formula is C22H33Br. The van der Waals surface area contributed by atoms with Crippen LogP contribution in [-0.4, -0.2) is 0 Å². The molecule has 0 aliphatic heterocycles. The molecule has 0 spiro atoms. The molecule has 128 valence electrons. The molecule has 0 saturated carbocycles. The van der Waals surface area contributed by atoms with E-state index in [9.17, 15) is 0 Å². The molecule has 0 saturated heterocycles. The van der Waals surface area contributed by atoms with Crippen molar-refractivity contribution in [2.24, 2.45) is 0 Å². The fraction of sp³-hybridized carbons (Fsp3) is 0.636. The Morgan fingerprint density at radius 3 is 1.83 bits per heavy atom. The highest BCUT2D eigenvalue weighted by Crippen LogP contribution is 2.18. The molecule has 0 fully saturated rings. The van der Waals surface area contributed by atoms with Gasteiger partial charge in [0, 0.05) is 10.0 Å². The van der Waals surface area contributed by atoms with Gasteiger partial charge in [-0.15, -0.1) is 6.42 Å². The first-order chi connectivity index (χ1) is 11.3. The molecule has 0 aliphatic carbocycles. The molecule has 23 heavy (non-hydrogen) atoms. The number of benzene rings is 1. The molecule has 0 bridgehead atoms. The number of terminal acetylenes is 1. The number of halogens is 1. The number of rotatable bonds is 13. The van der Waals surface area contributed by atoms with Crippen molar-refractivity contribution in [3.05, 3.63) is 33.8 Å². The van der Waals surface area contributed by atoms with Crippen LogP contribution in [0.4, 0.5) is 0 Å². The van der Waals surface area contributed by atoms with Crippen LogP contribution in [-0.2, 0) is 6.42 Å². The number of unbranched alkanes of at least 4 members (excludes halogenated alkanes) is 11. The summed E-state index contributed by atoms with van der Waals surface area (Å²) >= 11 is 3.54. The quantitative estimate of drug-likeness (QED) is 0.244. The third-order valence-electron chi connectivity index (χ3n) is 4.44. The highest BCUT2D eigenvalue weighted by molar-refractivity contribution is 9.10. The monoisotopic (exact) mass is 376 g/mol. The van der Waals surface area contributed by atoms with Crippen LogP contribution in [0.25, 0.3) is 0 Å². The lowest BCUT2D eigenvalue weighted by molar-refractivity contribution is 0.544. The van der Waals surface area contributed by atoms with Gasteiger partial charge in [0.25, 0.3) is 0 Å². The molecule has 0 aliphatic rings. The summed E-state index contributed by atoms with van der Waals surface area (Å²) in [6.07, 6.45) is 23.4. The van der Waals surface area contributed by atoms with Gasteiger partial charge in [0.2, 0.25) is 0 Å². The van der Waals surface area contributed by atoms with Crippen molar-refractivity contribution in [3.8, 4) is 12.3 Å². The average molecular weight is 377 g/mol. The van der Waals surface area contributed by atoms with E-state index in [1.807, 2.05) is 6.07 Å². The topological polar surface area (TPSA) is 0 Å².